The maximum Gasteiger partial charge on any atom is 0.0332 e. The second kappa shape index (κ2) is 5.46. The number of fused-ring (bicyclic) bond motifs is 6. The normalized spacial score (nSPS) is 12.3. The molecule has 0 atom stereocenters. The minimum absolute atomic E-state index is 1.18. The molecule has 0 aliphatic carbocycles. The third kappa shape index (κ3) is 1.89. The largest absolute Gasteiger partial charge is 0.0616 e. The molecular formula is C28H15Br. The van der Waals surface area contributed by atoms with Crippen LogP contribution in [0.3, 0.4) is 0 Å². The van der Waals surface area contributed by atoms with Gasteiger partial charge in [-0.05, 0) is 86.6 Å². The Balaban J connectivity index is 1.99. The molecule has 7 aromatic rings. The number of hydrogen-bond donors (Lipinski definition) is 0. The molecule has 0 heterocycles. The Labute approximate surface area is 175 Å². The molecule has 0 aromatic heterocycles. The van der Waals surface area contributed by atoms with Gasteiger partial charge in [-0.25, -0.2) is 0 Å². The number of benzene rings is 7. The molecule has 134 valence electrons. The molecule has 0 nitrogen and oxygen atoms in total. The Morgan fingerprint density at radius 2 is 0.897 bits per heavy atom. The lowest BCUT2D eigenvalue weighted by Gasteiger charge is -2.19. The SMILES string of the molecule is Brc1c2ccccc2c2c3cccc4cc5ccccc5c(c5cccc1c52)c43. The maximum absolute atomic E-state index is 3.93. The summed E-state index contributed by atoms with van der Waals surface area (Å²) in [5.74, 6) is 0. The lowest BCUT2D eigenvalue weighted by Crippen LogP contribution is -1.90. The zero-order valence-electron chi connectivity index (χ0n) is 15.5. The van der Waals surface area contributed by atoms with Gasteiger partial charge in [0, 0.05) is 4.47 Å². The average molecular weight is 431 g/mol. The Kier molecular flexibility index (Phi) is 2.96. The molecule has 7 aromatic carbocycles. The van der Waals surface area contributed by atoms with Crippen molar-refractivity contribution >= 4 is 80.6 Å². The van der Waals surface area contributed by atoms with Gasteiger partial charge in [0.25, 0.3) is 0 Å². The fraction of sp³-hybridized carbons (Fsp3) is 0. The zero-order chi connectivity index (χ0) is 19.1. The fourth-order valence-electron chi connectivity index (χ4n) is 5.28. The highest BCUT2D eigenvalue weighted by Gasteiger charge is 2.18. The van der Waals surface area contributed by atoms with Gasteiger partial charge < -0.3 is 0 Å². The van der Waals surface area contributed by atoms with E-state index >= 15 is 0 Å². The summed E-state index contributed by atoms with van der Waals surface area (Å²) in [6.45, 7) is 0. The first kappa shape index (κ1) is 15.7. The summed E-state index contributed by atoms with van der Waals surface area (Å²) in [6.07, 6.45) is 0. The van der Waals surface area contributed by atoms with Crippen molar-refractivity contribution in [1.82, 2.24) is 0 Å². The van der Waals surface area contributed by atoms with Crippen molar-refractivity contribution in [3.8, 4) is 0 Å². The minimum Gasteiger partial charge on any atom is -0.0616 e. The molecule has 7 rings (SSSR count). The van der Waals surface area contributed by atoms with Gasteiger partial charge in [0.15, 0.2) is 0 Å². The zero-order valence-corrected chi connectivity index (χ0v) is 17.1. The average Bonchev–Trinajstić information content (AvgIpc) is 2.78. The summed E-state index contributed by atoms with van der Waals surface area (Å²) in [6, 6.07) is 33.4. The van der Waals surface area contributed by atoms with Gasteiger partial charge in [0.05, 0.1) is 0 Å². The number of hydrogen-bond acceptors (Lipinski definition) is 0. The van der Waals surface area contributed by atoms with E-state index in [1.54, 1.807) is 0 Å². The van der Waals surface area contributed by atoms with E-state index in [2.05, 4.69) is 107 Å². The molecule has 0 N–H and O–H groups in total. The lowest BCUT2D eigenvalue weighted by molar-refractivity contribution is 1.77. The Hall–Kier alpha value is -3.16. The van der Waals surface area contributed by atoms with E-state index < -0.39 is 0 Å². The van der Waals surface area contributed by atoms with Crippen LogP contribution in [-0.4, -0.2) is 0 Å². The van der Waals surface area contributed by atoms with E-state index in [0.29, 0.717) is 0 Å². The number of rotatable bonds is 0. The highest BCUT2D eigenvalue weighted by molar-refractivity contribution is 9.10. The first-order valence-corrected chi connectivity index (χ1v) is 10.7. The van der Waals surface area contributed by atoms with Gasteiger partial charge in [0.2, 0.25) is 0 Å². The van der Waals surface area contributed by atoms with Crippen LogP contribution in [0.4, 0.5) is 0 Å². The second-order valence-corrected chi connectivity index (χ2v) is 8.63. The van der Waals surface area contributed by atoms with Crippen LogP contribution < -0.4 is 0 Å². The quantitative estimate of drug-likeness (QED) is 0.166. The van der Waals surface area contributed by atoms with Crippen LogP contribution in [0.1, 0.15) is 0 Å². The summed E-state index contributed by atoms with van der Waals surface area (Å²) in [5, 5.41) is 15.9. The molecule has 29 heavy (non-hydrogen) atoms. The Morgan fingerprint density at radius 1 is 0.379 bits per heavy atom. The van der Waals surface area contributed by atoms with Crippen LogP contribution in [-0.2, 0) is 0 Å². The molecule has 1 heteroatoms. The summed E-state index contributed by atoms with van der Waals surface area (Å²) in [7, 11) is 0. The van der Waals surface area contributed by atoms with Crippen LogP contribution in [0, 0.1) is 0 Å². The highest BCUT2D eigenvalue weighted by Crippen LogP contribution is 2.47. The maximum atomic E-state index is 3.93. The van der Waals surface area contributed by atoms with Crippen molar-refractivity contribution < 1.29 is 0 Å². The van der Waals surface area contributed by atoms with E-state index in [9.17, 15) is 0 Å². The third-order valence-corrected chi connectivity index (χ3v) is 7.26. The second-order valence-electron chi connectivity index (χ2n) is 7.84. The van der Waals surface area contributed by atoms with E-state index in [0.717, 1.165) is 0 Å². The summed E-state index contributed by atoms with van der Waals surface area (Å²) < 4.78 is 1.18. The Bertz CT molecular complexity index is 1760. The minimum atomic E-state index is 1.18. The van der Waals surface area contributed by atoms with Crippen LogP contribution in [0.25, 0.3) is 64.6 Å². The molecular weight excluding hydrogens is 416 g/mol. The highest BCUT2D eigenvalue weighted by atomic mass is 79.9. The van der Waals surface area contributed by atoms with Gasteiger partial charge >= 0.3 is 0 Å². The van der Waals surface area contributed by atoms with Gasteiger partial charge in [-0.15, -0.1) is 0 Å². The van der Waals surface area contributed by atoms with Crippen molar-refractivity contribution in [2.24, 2.45) is 0 Å². The third-order valence-electron chi connectivity index (χ3n) is 6.41. The lowest BCUT2D eigenvalue weighted by atomic mass is 9.85. The molecule has 0 saturated heterocycles. The molecule has 0 amide bonds. The fourth-order valence-corrected chi connectivity index (χ4v) is 5.95. The monoisotopic (exact) mass is 430 g/mol. The van der Waals surface area contributed by atoms with Crippen molar-refractivity contribution in [3.63, 3.8) is 0 Å². The smallest absolute Gasteiger partial charge is 0.0332 e. The van der Waals surface area contributed by atoms with Crippen molar-refractivity contribution in [2.45, 2.75) is 0 Å². The first-order valence-electron chi connectivity index (χ1n) is 9.91. The predicted octanol–water partition coefficient (Wildman–Crippen LogP) is 8.81. The van der Waals surface area contributed by atoms with Crippen LogP contribution in [0.2, 0.25) is 0 Å². The summed E-state index contributed by atoms with van der Waals surface area (Å²) in [4.78, 5) is 0. The molecule has 0 unspecified atom stereocenters. The molecule has 0 aliphatic heterocycles. The van der Waals surface area contributed by atoms with Gasteiger partial charge in [-0.3, -0.25) is 0 Å². The van der Waals surface area contributed by atoms with Crippen LogP contribution >= 0.6 is 15.9 Å². The van der Waals surface area contributed by atoms with Gasteiger partial charge in [-0.2, -0.15) is 0 Å². The van der Waals surface area contributed by atoms with Crippen LogP contribution in [0.15, 0.2) is 95.5 Å². The summed E-state index contributed by atoms with van der Waals surface area (Å²) >= 11 is 3.93. The van der Waals surface area contributed by atoms with E-state index in [4.69, 9.17) is 0 Å². The van der Waals surface area contributed by atoms with Gasteiger partial charge in [0.1, 0.15) is 0 Å². The molecule has 0 fully saturated rings. The molecule has 0 saturated carbocycles. The van der Waals surface area contributed by atoms with Crippen LogP contribution in [0.5, 0.6) is 0 Å². The van der Waals surface area contributed by atoms with E-state index in [1.165, 1.54) is 69.1 Å². The predicted molar refractivity (Wildman–Crippen MR) is 130 cm³/mol. The van der Waals surface area contributed by atoms with Crippen molar-refractivity contribution in [3.05, 3.63) is 95.5 Å². The molecule has 0 radical (unpaired) electrons. The molecule has 0 spiro atoms. The summed E-state index contributed by atoms with van der Waals surface area (Å²) in [5.41, 5.74) is 0. The Morgan fingerprint density at radius 3 is 1.76 bits per heavy atom. The van der Waals surface area contributed by atoms with E-state index in [1.807, 2.05) is 0 Å². The molecule has 0 bridgehead atoms. The van der Waals surface area contributed by atoms with Gasteiger partial charge in [-0.1, -0.05) is 84.9 Å². The topological polar surface area (TPSA) is 0 Å². The molecule has 0 aliphatic rings. The first-order chi connectivity index (χ1) is 14.3. The van der Waals surface area contributed by atoms with Crippen molar-refractivity contribution in [1.29, 1.82) is 0 Å². The van der Waals surface area contributed by atoms with Crippen molar-refractivity contribution in [2.75, 3.05) is 0 Å². The standard InChI is InChI=1S/C28H15Br/c29-28-20-11-4-3-10-19(20)26-21-12-5-8-17-15-16-7-1-2-9-18(16)25(24(17)21)22-13-6-14-23(28)27(22)26/h1-15H. The number of halogens is 1. The van der Waals surface area contributed by atoms with E-state index in [-0.39, 0.29) is 0 Å².